The molecule has 1 saturated heterocycles. The first-order valence-electron chi connectivity index (χ1n) is 8.12. The molecule has 0 aliphatic carbocycles. The van der Waals surface area contributed by atoms with E-state index < -0.39 is 0 Å². The predicted molar refractivity (Wildman–Crippen MR) is 87.2 cm³/mol. The van der Waals surface area contributed by atoms with Crippen LogP contribution in [-0.2, 0) is 0 Å². The van der Waals surface area contributed by atoms with Crippen LogP contribution in [0, 0.1) is 5.82 Å². The zero-order valence-corrected chi connectivity index (χ0v) is 13.1. The molecule has 1 atom stereocenters. The molecule has 118 valence electrons. The van der Waals surface area contributed by atoms with Crippen LogP contribution < -0.4 is 10.6 Å². The first-order chi connectivity index (χ1) is 10.2. The Kier molecular flexibility index (Phi) is 6.46. The van der Waals surface area contributed by atoms with E-state index in [-0.39, 0.29) is 5.82 Å². The molecule has 2 rings (SSSR count). The van der Waals surface area contributed by atoms with Crippen LogP contribution in [0.5, 0.6) is 0 Å². The Hall–Kier alpha value is -1.13. The summed E-state index contributed by atoms with van der Waals surface area (Å²) in [4.78, 5) is 4.61. The lowest BCUT2D eigenvalue weighted by atomic mass is 10.00. The molecule has 1 fully saturated rings. The standard InChI is InChI=1S/C17H28FN3/c1-20-12-5-4-7-15(20)10-14-21(13-6-11-19)17-9-3-2-8-16(17)18/h2-3,8-9,15H,4-7,10-14,19H2,1H3. The molecule has 0 spiro atoms. The van der Waals surface area contributed by atoms with Crippen molar-refractivity contribution in [3.8, 4) is 0 Å². The fourth-order valence-corrected chi connectivity index (χ4v) is 3.16. The molecular weight excluding hydrogens is 265 g/mol. The third kappa shape index (κ3) is 4.68. The van der Waals surface area contributed by atoms with Gasteiger partial charge in [0.25, 0.3) is 0 Å². The van der Waals surface area contributed by atoms with Crippen molar-refractivity contribution in [1.29, 1.82) is 0 Å². The highest BCUT2D eigenvalue weighted by Gasteiger charge is 2.20. The Morgan fingerprint density at radius 3 is 2.81 bits per heavy atom. The number of nitrogens with two attached hydrogens (primary N) is 1. The molecule has 1 heterocycles. The fraction of sp³-hybridized carbons (Fsp3) is 0.647. The van der Waals surface area contributed by atoms with E-state index in [0.29, 0.717) is 18.3 Å². The Morgan fingerprint density at radius 2 is 2.10 bits per heavy atom. The fourth-order valence-electron chi connectivity index (χ4n) is 3.16. The molecule has 1 aromatic rings. The SMILES string of the molecule is CN1CCCCC1CCN(CCCN)c1ccccc1F. The molecule has 4 heteroatoms. The van der Waals surface area contributed by atoms with Crippen molar-refractivity contribution >= 4 is 5.69 Å². The van der Waals surface area contributed by atoms with Crippen molar-refractivity contribution < 1.29 is 4.39 Å². The first-order valence-corrected chi connectivity index (χ1v) is 8.12. The number of anilines is 1. The first kappa shape index (κ1) is 16.2. The van der Waals surface area contributed by atoms with E-state index in [0.717, 1.165) is 25.9 Å². The highest BCUT2D eigenvalue weighted by molar-refractivity contribution is 5.47. The predicted octanol–water partition coefficient (Wildman–Crippen LogP) is 2.86. The van der Waals surface area contributed by atoms with Crippen molar-refractivity contribution in [2.75, 3.05) is 38.1 Å². The van der Waals surface area contributed by atoms with Gasteiger partial charge in [-0.05, 0) is 58.0 Å². The number of hydrogen-bond acceptors (Lipinski definition) is 3. The smallest absolute Gasteiger partial charge is 0.146 e. The summed E-state index contributed by atoms with van der Waals surface area (Å²) < 4.78 is 14.0. The third-order valence-corrected chi connectivity index (χ3v) is 4.48. The van der Waals surface area contributed by atoms with Gasteiger partial charge < -0.3 is 15.5 Å². The Labute approximate surface area is 127 Å². The maximum atomic E-state index is 14.0. The molecule has 0 aromatic heterocycles. The highest BCUT2D eigenvalue weighted by atomic mass is 19.1. The quantitative estimate of drug-likeness (QED) is 0.839. The molecule has 2 N–H and O–H groups in total. The topological polar surface area (TPSA) is 32.5 Å². The zero-order chi connectivity index (χ0) is 15.1. The minimum atomic E-state index is -0.133. The normalized spacial score (nSPS) is 19.7. The summed E-state index contributed by atoms with van der Waals surface area (Å²) in [7, 11) is 2.21. The zero-order valence-electron chi connectivity index (χ0n) is 13.1. The van der Waals surface area contributed by atoms with Gasteiger partial charge in [-0.2, -0.15) is 0 Å². The number of rotatable bonds is 7. The van der Waals surface area contributed by atoms with Crippen LogP contribution in [0.3, 0.4) is 0 Å². The Balaban J connectivity index is 1.97. The minimum Gasteiger partial charge on any atom is -0.369 e. The molecule has 1 aromatic carbocycles. The van der Waals surface area contributed by atoms with Gasteiger partial charge in [-0.1, -0.05) is 18.6 Å². The Morgan fingerprint density at radius 1 is 1.29 bits per heavy atom. The lowest BCUT2D eigenvalue weighted by Crippen LogP contribution is -2.39. The van der Waals surface area contributed by atoms with E-state index >= 15 is 0 Å². The maximum absolute atomic E-state index is 14.0. The van der Waals surface area contributed by atoms with E-state index in [1.807, 2.05) is 12.1 Å². The number of halogens is 1. The molecule has 0 bridgehead atoms. The van der Waals surface area contributed by atoms with Gasteiger partial charge in [-0.25, -0.2) is 4.39 Å². The number of piperidine rings is 1. The summed E-state index contributed by atoms with van der Waals surface area (Å²) in [5, 5.41) is 0. The minimum absolute atomic E-state index is 0.133. The lowest BCUT2D eigenvalue weighted by Gasteiger charge is -2.34. The lowest BCUT2D eigenvalue weighted by molar-refractivity contribution is 0.177. The van der Waals surface area contributed by atoms with Gasteiger partial charge >= 0.3 is 0 Å². The van der Waals surface area contributed by atoms with Crippen LogP contribution in [0.25, 0.3) is 0 Å². The van der Waals surface area contributed by atoms with Crippen molar-refractivity contribution in [2.45, 2.75) is 38.1 Å². The van der Waals surface area contributed by atoms with Gasteiger partial charge in [-0.15, -0.1) is 0 Å². The van der Waals surface area contributed by atoms with Crippen molar-refractivity contribution in [3.05, 3.63) is 30.1 Å². The average molecular weight is 293 g/mol. The van der Waals surface area contributed by atoms with E-state index in [4.69, 9.17) is 5.73 Å². The number of hydrogen-bond donors (Lipinski definition) is 1. The molecule has 1 aliphatic heterocycles. The third-order valence-electron chi connectivity index (χ3n) is 4.48. The van der Waals surface area contributed by atoms with Crippen LogP contribution >= 0.6 is 0 Å². The summed E-state index contributed by atoms with van der Waals surface area (Å²) in [5.41, 5.74) is 6.34. The number of likely N-dealkylation sites (tertiary alicyclic amines) is 1. The van der Waals surface area contributed by atoms with E-state index in [1.165, 1.54) is 31.9 Å². The van der Waals surface area contributed by atoms with Crippen molar-refractivity contribution in [2.24, 2.45) is 5.73 Å². The number of benzene rings is 1. The van der Waals surface area contributed by atoms with Crippen molar-refractivity contribution in [3.63, 3.8) is 0 Å². The van der Waals surface area contributed by atoms with Gasteiger partial charge in [-0.3, -0.25) is 0 Å². The van der Waals surface area contributed by atoms with Crippen LogP contribution in [0.4, 0.5) is 10.1 Å². The molecule has 0 amide bonds. The van der Waals surface area contributed by atoms with Gasteiger partial charge in [0.1, 0.15) is 5.82 Å². The summed E-state index contributed by atoms with van der Waals surface area (Å²) >= 11 is 0. The van der Waals surface area contributed by atoms with Gasteiger partial charge in [0, 0.05) is 19.1 Å². The highest BCUT2D eigenvalue weighted by Crippen LogP contribution is 2.22. The summed E-state index contributed by atoms with van der Waals surface area (Å²) in [6.07, 6.45) is 5.87. The van der Waals surface area contributed by atoms with Crippen molar-refractivity contribution in [1.82, 2.24) is 4.90 Å². The molecule has 1 aliphatic rings. The Bertz CT molecular complexity index is 424. The molecule has 3 nitrogen and oxygen atoms in total. The van der Waals surface area contributed by atoms with Gasteiger partial charge in [0.15, 0.2) is 0 Å². The maximum Gasteiger partial charge on any atom is 0.146 e. The van der Waals surface area contributed by atoms with Crippen LogP contribution in [-0.4, -0.2) is 44.2 Å². The van der Waals surface area contributed by atoms with Crippen LogP contribution in [0.15, 0.2) is 24.3 Å². The molecule has 0 saturated carbocycles. The average Bonchev–Trinajstić information content (AvgIpc) is 2.50. The molecular formula is C17H28FN3. The van der Waals surface area contributed by atoms with Crippen LogP contribution in [0.1, 0.15) is 32.1 Å². The summed E-state index contributed by atoms with van der Waals surface area (Å²) in [5.74, 6) is -0.133. The molecule has 0 radical (unpaired) electrons. The van der Waals surface area contributed by atoms with Gasteiger partial charge in [0.05, 0.1) is 5.69 Å². The second-order valence-corrected chi connectivity index (χ2v) is 6.00. The molecule has 1 unspecified atom stereocenters. The largest absolute Gasteiger partial charge is 0.369 e. The van der Waals surface area contributed by atoms with Crippen LogP contribution in [0.2, 0.25) is 0 Å². The summed E-state index contributed by atoms with van der Waals surface area (Å²) in [6, 6.07) is 7.69. The molecule has 21 heavy (non-hydrogen) atoms. The van der Waals surface area contributed by atoms with E-state index in [1.54, 1.807) is 6.07 Å². The second kappa shape index (κ2) is 8.35. The van der Waals surface area contributed by atoms with E-state index in [2.05, 4.69) is 16.8 Å². The number of nitrogens with zero attached hydrogens (tertiary/aromatic N) is 2. The second-order valence-electron chi connectivity index (χ2n) is 6.00. The number of para-hydroxylation sites is 1. The van der Waals surface area contributed by atoms with E-state index in [9.17, 15) is 4.39 Å². The van der Waals surface area contributed by atoms with Gasteiger partial charge in [0.2, 0.25) is 0 Å². The summed E-state index contributed by atoms with van der Waals surface area (Å²) in [6.45, 7) is 3.56. The monoisotopic (exact) mass is 293 g/mol.